The third-order valence-electron chi connectivity index (χ3n) is 2.76. The number of rotatable bonds is 4. The van der Waals surface area contributed by atoms with Gasteiger partial charge in [0.1, 0.15) is 17.9 Å². The molecule has 0 unspecified atom stereocenters. The number of hydrogen-bond donors (Lipinski definition) is 3. The van der Waals surface area contributed by atoms with Crippen molar-refractivity contribution in [2.75, 3.05) is 5.32 Å². The third-order valence-corrected chi connectivity index (χ3v) is 3.01. The molecule has 0 bridgehead atoms. The summed E-state index contributed by atoms with van der Waals surface area (Å²) in [6.07, 6.45) is -0.739. The van der Waals surface area contributed by atoms with Crippen LogP contribution in [0.3, 0.4) is 0 Å². The van der Waals surface area contributed by atoms with Crippen molar-refractivity contribution in [3.63, 3.8) is 0 Å². The van der Waals surface area contributed by atoms with Gasteiger partial charge in [-0.15, -0.1) is 0 Å². The van der Waals surface area contributed by atoms with Crippen molar-refractivity contribution in [2.45, 2.75) is 6.61 Å². The molecule has 0 aromatic heterocycles. The number of carboxylic acids is 1. The Kier molecular flexibility index (Phi) is 4.85. The Hall–Kier alpha value is -2.73. The van der Waals surface area contributed by atoms with Crippen LogP contribution in [0.1, 0.15) is 15.9 Å². The zero-order valence-corrected chi connectivity index (χ0v) is 12.0. The standard InChI is InChI=1S/C15H12ClNO5/c16-10-3-1-9(2-4-10)8-22-15(21)17-11-5-6-13(18)12(7-11)14(19)20/h1-7,18H,8H2,(H,17,21)(H,19,20). The van der Waals surface area contributed by atoms with E-state index in [4.69, 9.17) is 21.4 Å². The van der Waals surface area contributed by atoms with Crippen LogP contribution >= 0.6 is 11.6 Å². The summed E-state index contributed by atoms with van der Waals surface area (Å²) in [5.74, 6) is -1.68. The SMILES string of the molecule is O=C(Nc1ccc(O)c(C(=O)O)c1)OCc1ccc(Cl)cc1. The van der Waals surface area contributed by atoms with Crippen molar-refractivity contribution >= 4 is 29.4 Å². The van der Waals surface area contributed by atoms with Gasteiger partial charge in [-0.05, 0) is 35.9 Å². The average Bonchev–Trinajstić information content (AvgIpc) is 2.48. The average molecular weight is 322 g/mol. The number of nitrogens with one attached hydrogen (secondary N) is 1. The number of hydrogen-bond acceptors (Lipinski definition) is 4. The summed E-state index contributed by atoms with van der Waals surface area (Å²) in [5, 5.41) is 21.2. The summed E-state index contributed by atoms with van der Waals surface area (Å²) in [6.45, 7) is 0.0485. The molecule has 22 heavy (non-hydrogen) atoms. The van der Waals surface area contributed by atoms with Gasteiger partial charge in [0.25, 0.3) is 0 Å². The van der Waals surface area contributed by atoms with Gasteiger partial charge in [-0.1, -0.05) is 23.7 Å². The van der Waals surface area contributed by atoms with Crippen LogP contribution in [-0.4, -0.2) is 22.3 Å². The molecule has 2 rings (SSSR count). The molecule has 0 aliphatic heterocycles. The minimum absolute atomic E-state index is 0.0485. The van der Waals surface area contributed by atoms with Gasteiger partial charge >= 0.3 is 12.1 Å². The van der Waals surface area contributed by atoms with E-state index in [9.17, 15) is 14.7 Å². The van der Waals surface area contributed by atoms with E-state index in [2.05, 4.69) is 5.32 Å². The molecule has 0 radical (unpaired) electrons. The Morgan fingerprint density at radius 1 is 1.14 bits per heavy atom. The maximum absolute atomic E-state index is 11.6. The number of aromatic carboxylic acids is 1. The number of aromatic hydroxyl groups is 1. The van der Waals surface area contributed by atoms with Gasteiger partial charge in [0.05, 0.1) is 0 Å². The Morgan fingerprint density at radius 3 is 2.45 bits per heavy atom. The van der Waals surface area contributed by atoms with Crippen molar-refractivity contribution in [3.8, 4) is 5.75 Å². The molecule has 6 nitrogen and oxygen atoms in total. The van der Waals surface area contributed by atoms with Gasteiger partial charge in [-0.2, -0.15) is 0 Å². The lowest BCUT2D eigenvalue weighted by molar-refractivity contribution is 0.0693. The fourth-order valence-corrected chi connectivity index (χ4v) is 1.79. The van der Waals surface area contributed by atoms with Crippen LogP contribution in [0.2, 0.25) is 5.02 Å². The summed E-state index contributed by atoms with van der Waals surface area (Å²) in [7, 11) is 0. The van der Waals surface area contributed by atoms with Crippen LogP contribution in [-0.2, 0) is 11.3 Å². The third kappa shape index (κ3) is 4.13. The molecule has 114 valence electrons. The van der Waals surface area contributed by atoms with Crippen LogP contribution in [0.4, 0.5) is 10.5 Å². The Balaban J connectivity index is 1.96. The highest BCUT2D eigenvalue weighted by atomic mass is 35.5. The minimum Gasteiger partial charge on any atom is -0.507 e. The van der Waals surface area contributed by atoms with E-state index in [0.717, 1.165) is 11.6 Å². The van der Waals surface area contributed by atoms with Crippen LogP contribution in [0.25, 0.3) is 0 Å². The van der Waals surface area contributed by atoms with Crippen LogP contribution in [0.15, 0.2) is 42.5 Å². The summed E-state index contributed by atoms with van der Waals surface area (Å²) >= 11 is 5.75. The van der Waals surface area contributed by atoms with Crippen LogP contribution < -0.4 is 5.32 Å². The lowest BCUT2D eigenvalue weighted by Gasteiger charge is -2.08. The van der Waals surface area contributed by atoms with Crippen molar-refractivity contribution in [1.29, 1.82) is 0 Å². The summed E-state index contributed by atoms with van der Waals surface area (Å²) in [5.41, 5.74) is 0.656. The van der Waals surface area contributed by atoms with Gasteiger partial charge in [-0.3, -0.25) is 5.32 Å². The molecule has 3 N–H and O–H groups in total. The van der Waals surface area contributed by atoms with Crippen molar-refractivity contribution in [1.82, 2.24) is 0 Å². The fourth-order valence-electron chi connectivity index (χ4n) is 1.67. The molecule has 2 aromatic carbocycles. The lowest BCUT2D eigenvalue weighted by Crippen LogP contribution is -2.14. The first-order chi connectivity index (χ1) is 10.5. The van der Waals surface area contributed by atoms with E-state index < -0.39 is 12.1 Å². The first-order valence-electron chi connectivity index (χ1n) is 6.20. The second-order valence-corrected chi connectivity index (χ2v) is 4.80. The largest absolute Gasteiger partial charge is 0.507 e. The first-order valence-corrected chi connectivity index (χ1v) is 6.58. The monoisotopic (exact) mass is 321 g/mol. The van der Waals surface area contributed by atoms with E-state index in [0.29, 0.717) is 5.02 Å². The quantitative estimate of drug-likeness (QED) is 0.749. The highest BCUT2D eigenvalue weighted by Gasteiger charge is 2.12. The fraction of sp³-hybridized carbons (Fsp3) is 0.0667. The minimum atomic E-state index is -1.30. The number of halogens is 1. The predicted octanol–water partition coefficient (Wildman–Crippen LogP) is 3.49. The molecule has 0 heterocycles. The van der Waals surface area contributed by atoms with Crippen LogP contribution in [0, 0.1) is 0 Å². The number of anilines is 1. The van der Waals surface area contributed by atoms with Crippen molar-refractivity contribution in [3.05, 3.63) is 58.6 Å². The molecule has 2 aromatic rings. The zero-order chi connectivity index (χ0) is 16.1. The van der Waals surface area contributed by atoms with Gasteiger partial charge in [0.2, 0.25) is 0 Å². The topological polar surface area (TPSA) is 95.9 Å². The van der Waals surface area contributed by atoms with E-state index in [-0.39, 0.29) is 23.6 Å². The van der Waals surface area contributed by atoms with E-state index in [1.54, 1.807) is 24.3 Å². The second-order valence-electron chi connectivity index (χ2n) is 4.36. The number of carboxylic acid groups (broad SMARTS) is 1. The van der Waals surface area contributed by atoms with Crippen molar-refractivity contribution in [2.24, 2.45) is 0 Å². The number of benzene rings is 2. The van der Waals surface area contributed by atoms with Crippen LogP contribution in [0.5, 0.6) is 5.75 Å². The van der Waals surface area contributed by atoms with E-state index in [1.165, 1.54) is 12.1 Å². The number of ether oxygens (including phenoxy) is 1. The van der Waals surface area contributed by atoms with E-state index >= 15 is 0 Å². The molecular weight excluding hydrogens is 310 g/mol. The molecule has 7 heteroatoms. The van der Waals surface area contributed by atoms with Gasteiger partial charge in [0, 0.05) is 10.7 Å². The van der Waals surface area contributed by atoms with Gasteiger partial charge < -0.3 is 14.9 Å². The predicted molar refractivity (Wildman–Crippen MR) is 80.3 cm³/mol. The second kappa shape index (κ2) is 6.82. The summed E-state index contributed by atoms with van der Waals surface area (Å²) in [6, 6.07) is 10.5. The Bertz CT molecular complexity index is 700. The molecule has 0 aliphatic rings. The molecule has 1 amide bonds. The summed E-state index contributed by atoms with van der Waals surface area (Å²) in [4.78, 5) is 22.5. The molecule has 0 spiro atoms. The highest BCUT2D eigenvalue weighted by molar-refractivity contribution is 6.30. The highest BCUT2D eigenvalue weighted by Crippen LogP contribution is 2.21. The molecular formula is C15H12ClNO5. The molecule has 0 saturated carbocycles. The number of carbonyl (C=O) groups is 2. The Morgan fingerprint density at radius 2 is 1.82 bits per heavy atom. The molecule has 0 atom stereocenters. The van der Waals surface area contributed by atoms with Gasteiger partial charge in [-0.25, -0.2) is 9.59 Å². The lowest BCUT2D eigenvalue weighted by atomic mass is 10.2. The number of amides is 1. The maximum Gasteiger partial charge on any atom is 0.411 e. The van der Waals surface area contributed by atoms with E-state index in [1.807, 2.05) is 0 Å². The van der Waals surface area contributed by atoms with Gasteiger partial charge in [0.15, 0.2) is 0 Å². The van der Waals surface area contributed by atoms with Crippen molar-refractivity contribution < 1.29 is 24.5 Å². The smallest absolute Gasteiger partial charge is 0.411 e. The molecule has 0 fully saturated rings. The molecule has 0 saturated heterocycles. The normalized spacial score (nSPS) is 10.0. The first kappa shape index (κ1) is 15.7. The Labute approximate surface area is 130 Å². The molecule has 0 aliphatic carbocycles. The summed E-state index contributed by atoms with van der Waals surface area (Å²) < 4.78 is 5.00. The number of carbonyl (C=O) groups excluding carboxylic acids is 1. The number of phenols is 1. The maximum atomic E-state index is 11.6. The zero-order valence-electron chi connectivity index (χ0n) is 11.2.